The molecule has 0 radical (unpaired) electrons. The molecule has 2 aliphatic rings. The highest BCUT2D eigenvalue weighted by Crippen LogP contribution is 2.44. The van der Waals surface area contributed by atoms with Crippen LogP contribution in [-0.2, 0) is 0 Å². The van der Waals surface area contributed by atoms with E-state index in [1.165, 1.54) is 6.34 Å². The average Bonchev–Trinajstić information content (AvgIpc) is 2.95. The molecule has 0 bridgehead atoms. The van der Waals surface area contributed by atoms with Crippen molar-refractivity contribution < 1.29 is 17.6 Å². The van der Waals surface area contributed by atoms with Gasteiger partial charge in [0, 0.05) is 19.0 Å². The summed E-state index contributed by atoms with van der Waals surface area (Å²) in [7, 11) is 0. The average molecular weight is 250 g/mol. The van der Waals surface area contributed by atoms with Gasteiger partial charge in [-0.1, -0.05) is 0 Å². The van der Waals surface area contributed by atoms with E-state index in [0.717, 1.165) is 6.08 Å². The van der Waals surface area contributed by atoms with Crippen LogP contribution >= 0.6 is 0 Å². The molecule has 1 atom stereocenters. The van der Waals surface area contributed by atoms with E-state index in [1.807, 2.05) is 0 Å². The second-order valence-corrected chi connectivity index (χ2v) is 4.73. The van der Waals surface area contributed by atoms with E-state index < -0.39 is 17.5 Å². The Bertz CT molecular complexity index is 355. The third-order valence-electron chi connectivity index (χ3n) is 3.15. The third-order valence-corrected chi connectivity index (χ3v) is 3.15. The van der Waals surface area contributed by atoms with Gasteiger partial charge in [-0.15, -0.1) is 0 Å². The van der Waals surface area contributed by atoms with Gasteiger partial charge in [-0.05, 0) is 25.8 Å². The standard InChI is InChI=1S/C11H14F4N2/c1-8(6-10(12)3-4-10)17-5-2-9(16-7-17)11(13,14)15/h2,7-8H,3-6H2,1H3. The van der Waals surface area contributed by atoms with E-state index in [0.29, 0.717) is 19.3 Å². The molecule has 1 aliphatic carbocycles. The van der Waals surface area contributed by atoms with Crippen LogP contribution < -0.4 is 0 Å². The molecule has 1 aliphatic heterocycles. The molecule has 1 unspecified atom stereocenters. The number of halogens is 4. The molecule has 1 heterocycles. The van der Waals surface area contributed by atoms with Gasteiger partial charge in [0.05, 0.1) is 6.34 Å². The van der Waals surface area contributed by atoms with Crippen LogP contribution in [0.15, 0.2) is 16.8 Å². The lowest BCUT2D eigenvalue weighted by Crippen LogP contribution is -2.36. The maximum absolute atomic E-state index is 13.5. The monoisotopic (exact) mass is 250 g/mol. The SMILES string of the molecule is CC(CC1(F)CC1)N1C=NC(C(F)(F)F)=CC1. The lowest BCUT2D eigenvalue weighted by molar-refractivity contribution is -0.0930. The first kappa shape index (κ1) is 12.4. The van der Waals surface area contributed by atoms with Crippen LogP contribution in [0.4, 0.5) is 17.6 Å². The highest BCUT2D eigenvalue weighted by Gasteiger charge is 2.45. The lowest BCUT2D eigenvalue weighted by Gasteiger charge is -2.29. The molecule has 17 heavy (non-hydrogen) atoms. The predicted molar refractivity (Wildman–Crippen MR) is 56.5 cm³/mol. The van der Waals surface area contributed by atoms with Gasteiger partial charge in [0.2, 0.25) is 0 Å². The van der Waals surface area contributed by atoms with Crippen molar-refractivity contribution in [1.29, 1.82) is 0 Å². The molecule has 1 fully saturated rings. The molecule has 0 spiro atoms. The van der Waals surface area contributed by atoms with E-state index in [2.05, 4.69) is 4.99 Å². The second kappa shape index (κ2) is 3.99. The van der Waals surface area contributed by atoms with Gasteiger partial charge >= 0.3 is 6.18 Å². The van der Waals surface area contributed by atoms with Crippen molar-refractivity contribution in [3.8, 4) is 0 Å². The van der Waals surface area contributed by atoms with Crippen molar-refractivity contribution >= 4 is 6.34 Å². The van der Waals surface area contributed by atoms with Crippen LogP contribution in [0.3, 0.4) is 0 Å². The Balaban J connectivity index is 1.91. The minimum absolute atomic E-state index is 0.128. The highest BCUT2D eigenvalue weighted by atomic mass is 19.4. The Labute approximate surface area is 97.0 Å². The summed E-state index contributed by atoms with van der Waals surface area (Å²) in [5, 5.41) is 0. The van der Waals surface area contributed by atoms with Crippen LogP contribution in [0.1, 0.15) is 26.2 Å². The molecule has 0 amide bonds. The summed E-state index contributed by atoms with van der Waals surface area (Å²) in [5.41, 5.74) is -1.97. The first-order chi connectivity index (χ1) is 7.80. The number of nitrogens with zero attached hydrogens (tertiary/aromatic N) is 2. The molecule has 0 saturated heterocycles. The Morgan fingerprint density at radius 2 is 2.12 bits per heavy atom. The van der Waals surface area contributed by atoms with Gasteiger partial charge in [0.15, 0.2) is 0 Å². The molecule has 0 aromatic rings. The predicted octanol–water partition coefficient (Wildman–Crippen LogP) is 3.06. The maximum atomic E-state index is 13.5. The quantitative estimate of drug-likeness (QED) is 0.703. The molecule has 0 N–H and O–H groups in total. The van der Waals surface area contributed by atoms with E-state index >= 15 is 0 Å². The van der Waals surface area contributed by atoms with E-state index in [9.17, 15) is 17.6 Å². The van der Waals surface area contributed by atoms with Gasteiger partial charge in [0.1, 0.15) is 11.4 Å². The molecule has 2 nitrogen and oxygen atoms in total. The zero-order valence-electron chi connectivity index (χ0n) is 9.47. The number of rotatable bonds is 3. The van der Waals surface area contributed by atoms with E-state index in [1.54, 1.807) is 11.8 Å². The Hall–Kier alpha value is -1.07. The van der Waals surface area contributed by atoms with Crippen molar-refractivity contribution in [2.45, 2.75) is 44.1 Å². The van der Waals surface area contributed by atoms with Crippen molar-refractivity contribution in [3.05, 3.63) is 11.8 Å². The molecular weight excluding hydrogens is 236 g/mol. The zero-order valence-corrected chi connectivity index (χ0v) is 9.47. The number of aliphatic imine (C=N–C) groups is 1. The summed E-state index contributed by atoms with van der Waals surface area (Å²) < 4.78 is 50.4. The Morgan fingerprint density at radius 3 is 2.53 bits per heavy atom. The van der Waals surface area contributed by atoms with E-state index in [-0.39, 0.29) is 12.6 Å². The zero-order chi connectivity index (χ0) is 12.7. The fourth-order valence-electron chi connectivity index (χ4n) is 1.90. The van der Waals surface area contributed by atoms with Crippen LogP contribution in [-0.4, -0.2) is 35.7 Å². The molecule has 6 heteroatoms. The number of hydrogen-bond acceptors (Lipinski definition) is 2. The summed E-state index contributed by atoms with van der Waals surface area (Å²) in [6.45, 7) is 1.94. The minimum Gasteiger partial charge on any atom is -0.356 e. The topological polar surface area (TPSA) is 15.6 Å². The fraction of sp³-hybridized carbons (Fsp3) is 0.727. The van der Waals surface area contributed by atoms with Crippen molar-refractivity contribution in [1.82, 2.24) is 4.90 Å². The van der Waals surface area contributed by atoms with Crippen molar-refractivity contribution in [2.75, 3.05) is 6.54 Å². The Kier molecular flexibility index (Phi) is 2.91. The number of allylic oxidation sites excluding steroid dienone is 1. The van der Waals surface area contributed by atoms with Gasteiger partial charge in [0.25, 0.3) is 0 Å². The lowest BCUT2D eigenvalue weighted by atomic mass is 10.1. The molecule has 96 valence electrons. The summed E-state index contributed by atoms with van der Waals surface area (Å²) in [4.78, 5) is 5.00. The van der Waals surface area contributed by atoms with Crippen LogP contribution in [0.5, 0.6) is 0 Å². The van der Waals surface area contributed by atoms with Crippen LogP contribution in [0.25, 0.3) is 0 Å². The molecule has 0 aromatic carbocycles. The van der Waals surface area contributed by atoms with Gasteiger partial charge in [-0.25, -0.2) is 9.38 Å². The minimum atomic E-state index is -4.40. The highest BCUT2D eigenvalue weighted by molar-refractivity contribution is 5.59. The summed E-state index contributed by atoms with van der Waals surface area (Å²) in [5.74, 6) is 0. The molecule has 0 aromatic heterocycles. The summed E-state index contributed by atoms with van der Waals surface area (Å²) in [6, 6.07) is -0.128. The maximum Gasteiger partial charge on any atom is 0.433 e. The Morgan fingerprint density at radius 1 is 1.47 bits per heavy atom. The first-order valence-electron chi connectivity index (χ1n) is 5.56. The molecular formula is C11H14F4N2. The summed E-state index contributed by atoms with van der Waals surface area (Å²) in [6.07, 6.45) is -0.719. The number of hydrogen-bond donors (Lipinski definition) is 0. The fourth-order valence-corrected chi connectivity index (χ4v) is 1.90. The first-order valence-corrected chi connectivity index (χ1v) is 5.56. The third kappa shape index (κ3) is 2.98. The second-order valence-electron chi connectivity index (χ2n) is 4.73. The van der Waals surface area contributed by atoms with Crippen LogP contribution in [0, 0.1) is 0 Å². The molecule has 1 saturated carbocycles. The van der Waals surface area contributed by atoms with Gasteiger partial charge < -0.3 is 4.90 Å². The summed E-state index contributed by atoms with van der Waals surface area (Å²) >= 11 is 0. The van der Waals surface area contributed by atoms with Gasteiger partial charge in [-0.3, -0.25) is 0 Å². The molecule has 2 rings (SSSR count). The van der Waals surface area contributed by atoms with Crippen LogP contribution in [0.2, 0.25) is 0 Å². The van der Waals surface area contributed by atoms with Crippen molar-refractivity contribution in [2.24, 2.45) is 4.99 Å². The van der Waals surface area contributed by atoms with Gasteiger partial charge in [-0.2, -0.15) is 13.2 Å². The number of alkyl halides is 4. The van der Waals surface area contributed by atoms with E-state index in [4.69, 9.17) is 0 Å². The van der Waals surface area contributed by atoms with Crippen molar-refractivity contribution in [3.63, 3.8) is 0 Å². The smallest absolute Gasteiger partial charge is 0.356 e. The largest absolute Gasteiger partial charge is 0.433 e. The normalized spacial score (nSPS) is 24.5.